The molecule has 0 radical (unpaired) electrons. The molecule has 0 bridgehead atoms. The molecular formula is C17H19NO2. The first-order chi connectivity index (χ1) is 9.63. The van der Waals surface area contributed by atoms with Crippen LogP contribution >= 0.6 is 0 Å². The monoisotopic (exact) mass is 269 g/mol. The molecule has 3 nitrogen and oxygen atoms in total. The summed E-state index contributed by atoms with van der Waals surface area (Å²) in [4.78, 5) is 12.5. The van der Waals surface area contributed by atoms with Crippen LogP contribution in [0.25, 0.3) is 0 Å². The molecule has 2 aromatic carbocycles. The van der Waals surface area contributed by atoms with E-state index < -0.39 is 0 Å². The Morgan fingerprint density at radius 2 is 1.80 bits per heavy atom. The van der Waals surface area contributed by atoms with Gasteiger partial charge in [-0.05, 0) is 17.7 Å². The lowest BCUT2D eigenvalue weighted by Crippen LogP contribution is -2.26. The topological polar surface area (TPSA) is 52.3 Å². The highest BCUT2D eigenvalue weighted by Gasteiger charge is 2.23. The molecule has 2 N–H and O–H groups in total. The molecule has 0 aromatic heterocycles. The number of ether oxygens (including phenoxy) is 1. The summed E-state index contributed by atoms with van der Waals surface area (Å²) in [6.07, 6.45) is 0. The molecular weight excluding hydrogens is 250 g/mol. The van der Waals surface area contributed by atoms with Gasteiger partial charge in [0.15, 0.2) is 5.78 Å². The Morgan fingerprint density at radius 3 is 2.45 bits per heavy atom. The molecule has 0 amide bonds. The number of hydrogen-bond acceptors (Lipinski definition) is 3. The molecule has 20 heavy (non-hydrogen) atoms. The molecule has 0 spiro atoms. The zero-order valence-electron chi connectivity index (χ0n) is 11.7. The number of hydrogen-bond donors (Lipinski definition) is 1. The Labute approximate surface area is 119 Å². The van der Waals surface area contributed by atoms with E-state index in [2.05, 4.69) is 0 Å². The zero-order valence-corrected chi connectivity index (χ0v) is 11.7. The van der Waals surface area contributed by atoms with Crippen LogP contribution in [-0.4, -0.2) is 12.9 Å². The highest BCUT2D eigenvalue weighted by Crippen LogP contribution is 2.24. The van der Waals surface area contributed by atoms with E-state index in [-0.39, 0.29) is 17.7 Å². The minimum atomic E-state index is -0.310. The van der Waals surface area contributed by atoms with Crippen molar-refractivity contribution in [3.8, 4) is 5.75 Å². The fourth-order valence-electron chi connectivity index (χ4n) is 2.17. The second kappa shape index (κ2) is 6.35. The summed E-state index contributed by atoms with van der Waals surface area (Å²) in [5, 5.41) is 0. The van der Waals surface area contributed by atoms with Gasteiger partial charge in [-0.2, -0.15) is 0 Å². The summed E-state index contributed by atoms with van der Waals surface area (Å²) in [7, 11) is 1.59. The van der Waals surface area contributed by atoms with Crippen molar-refractivity contribution in [1.82, 2.24) is 0 Å². The lowest BCUT2D eigenvalue weighted by molar-refractivity contribution is 0.0912. The average Bonchev–Trinajstić information content (AvgIpc) is 2.53. The standard InChI is InChI=1S/C17H19NO2/c1-12(16(18)13-7-4-3-5-8-13)17(19)14-9-6-10-15(11-14)20-2/h3-12,16H,18H2,1-2H3. The first kappa shape index (κ1) is 14.3. The number of benzene rings is 2. The minimum Gasteiger partial charge on any atom is -0.497 e. The summed E-state index contributed by atoms with van der Waals surface area (Å²) in [6.45, 7) is 1.86. The van der Waals surface area contributed by atoms with Gasteiger partial charge in [0.25, 0.3) is 0 Å². The highest BCUT2D eigenvalue weighted by molar-refractivity contribution is 5.98. The van der Waals surface area contributed by atoms with Gasteiger partial charge in [0.1, 0.15) is 5.75 Å². The van der Waals surface area contributed by atoms with E-state index in [9.17, 15) is 4.79 Å². The van der Waals surface area contributed by atoms with E-state index in [1.54, 1.807) is 19.2 Å². The van der Waals surface area contributed by atoms with Gasteiger partial charge in [-0.25, -0.2) is 0 Å². The van der Waals surface area contributed by atoms with Crippen LogP contribution in [0, 0.1) is 5.92 Å². The third kappa shape index (κ3) is 3.06. The van der Waals surface area contributed by atoms with Crippen LogP contribution in [0.15, 0.2) is 54.6 Å². The number of carbonyl (C=O) groups is 1. The second-order valence-corrected chi connectivity index (χ2v) is 4.82. The Balaban J connectivity index is 2.19. The molecule has 0 saturated heterocycles. The van der Waals surface area contributed by atoms with Crippen molar-refractivity contribution < 1.29 is 9.53 Å². The van der Waals surface area contributed by atoms with E-state index in [4.69, 9.17) is 10.5 Å². The van der Waals surface area contributed by atoms with E-state index in [1.165, 1.54) is 0 Å². The number of ketones is 1. The molecule has 0 aliphatic carbocycles. The maximum absolute atomic E-state index is 12.5. The van der Waals surface area contributed by atoms with Crippen LogP contribution in [-0.2, 0) is 0 Å². The zero-order chi connectivity index (χ0) is 14.5. The van der Waals surface area contributed by atoms with Crippen molar-refractivity contribution >= 4 is 5.78 Å². The van der Waals surface area contributed by atoms with Crippen LogP contribution in [0.1, 0.15) is 28.9 Å². The van der Waals surface area contributed by atoms with Gasteiger partial charge in [-0.1, -0.05) is 49.4 Å². The first-order valence-corrected chi connectivity index (χ1v) is 6.62. The second-order valence-electron chi connectivity index (χ2n) is 4.82. The fraction of sp³-hybridized carbons (Fsp3) is 0.235. The predicted octanol–water partition coefficient (Wildman–Crippen LogP) is 3.21. The number of methoxy groups -OCH3 is 1. The van der Waals surface area contributed by atoms with Gasteiger partial charge in [-0.15, -0.1) is 0 Å². The summed E-state index contributed by atoms with van der Waals surface area (Å²) in [6, 6.07) is 16.5. The van der Waals surface area contributed by atoms with Gasteiger partial charge in [0, 0.05) is 17.5 Å². The van der Waals surface area contributed by atoms with E-state index >= 15 is 0 Å². The van der Waals surface area contributed by atoms with Crippen LogP contribution in [0.4, 0.5) is 0 Å². The average molecular weight is 269 g/mol. The van der Waals surface area contributed by atoms with Crippen LogP contribution in [0.2, 0.25) is 0 Å². The normalized spacial score (nSPS) is 13.6. The van der Waals surface area contributed by atoms with Crippen molar-refractivity contribution in [2.75, 3.05) is 7.11 Å². The Bertz CT molecular complexity index is 581. The molecule has 3 heteroatoms. The van der Waals surface area contributed by atoms with Crippen molar-refractivity contribution in [3.05, 3.63) is 65.7 Å². The molecule has 0 aliphatic rings. The molecule has 2 unspecified atom stereocenters. The van der Waals surface area contributed by atoms with Crippen LogP contribution in [0.5, 0.6) is 5.75 Å². The summed E-state index contributed by atoms with van der Waals surface area (Å²) < 4.78 is 5.15. The van der Waals surface area contributed by atoms with Crippen molar-refractivity contribution in [3.63, 3.8) is 0 Å². The molecule has 0 heterocycles. The van der Waals surface area contributed by atoms with E-state index in [1.807, 2.05) is 49.4 Å². The van der Waals surface area contributed by atoms with E-state index in [0.29, 0.717) is 11.3 Å². The van der Waals surface area contributed by atoms with Crippen molar-refractivity contribution in [1.29, 1.82) is 0 Å². The first-order valence-electron chi connectivity index (χ1n) is 6.62. The quantitative estimate of drug-likeness (QED) is 0.848. The lowest BCUT2D eigenvalue weighted by Gasteiger charge is -2.19. The molecule has 0 fully saturated rings. The summed E-state index contributed by atoms with van der Waals surface area (Å²) >= 11 is 0. The van der Waals surface area contributed by atoms with Gasteiger partial charge in [-0.3, -0.25) is 4.79 Å². The number of rotatable bonds is 5. The predicted molar refractivity (Wildman–Crippen MR) is 79.9 cm³/mol. The van der Waals surface area contributed by atoms with Gasteiger partial charge in [0.2, 0.25) is 0 Å². The van der Waals surface area contributed by atoms with Crippen molar-refractivity contribution in [2.24, 2.45) is 11.7 Å². The largest absolute Gasteiger partial charge is 0.497 e. The third-order valence-corrected chi connectivity index (χ3v) is 3.49. The smallest absolute Gasteiger partial charge is 0.167 e. The van der Waals surface area contributed by atoms with Crippen LogP contribution in [0.3, 0.4) is 0 Å². The van der Waals surface area contributed by atoms with Gasteiger partial charge >= 0.3 is 0 Å². The maximum Gasteiger partial charge on any atom is 0.167 e. The SMILES string of the molecule is COc1cccc(C(=O)C(C)C(N)c2ccccc2)c1. The Kier molecular flexibility index (Phi) is 4.53. The third-order valence-electron chi connectivity index (χ3n) is 3.49. The van der Waals surface area contributed by atoms with Gasteiger partial charge in [0.05, 0.1) is 7.11 Å². The lowest BCUT2D eigenvalue weighted by atomic mass is 9.89. The van der Waals surface area contributed by atoms with Crippen molar-refractivity contribution in [2.45, 2.75) is 13.0 Å². The Morgan fingerprint density at radius 1 is 1.10 bits per heavy atom. The molecule has 0 saturated carbocycles. The number of carbonyl (C=O) groups excluding carboxylic acids is 1. The molecule has 104 valence electrons. The molecule has 2 aromatic rings. The summed E-state index contributed by atoms with van der Waals surface area (Å²) in [5.74, 6) is 0.418. The maximum atomic E-state index is 12.5. The molecule has 0 aliphatic heterocycles. The highest BCUT2D eigenvalue weighted by atomic mass is 16.5. The summed E-state index contributed by atoms with van der Waals surface area (Å²) in [5.41, 5.74) is 7.79. The number of Topliss-reactive ketones (excluding diaryl/α,β-unsaturated/α-hetero) is 1. The number of nitrogens with two attached hydrogens (primary N) is 1. The molecule has 2 atom stereocenters. The Hall–Kier alpha value is -2.13. The fourth-order valence-corrected chi connectivity index (χ4v) is 2.17. The molecule has 2 rings (SSSR count). The van der Waals surface area contributed by atoms with E-state index in [0.717, 1.165) is 5.56 Å². The van der Waals surface area contributed by atoms with Gasteiger partial charge < -0.3 is 10.5 Å². The minimum absolute atomic E-state index is 0.0280. The van der Waals surface area contributed by atoms with Crippen LogP contribution < -0.4 is 10.5 Å².